The van der Waals surface area contributed by atoms with Gasteiger partial charge in [0.2, 0.25) is 9.81 Å². The summed E-state index contributed by atoms with van der Waals surface area (Å²) in [5.41, 5.74) is -0.210. The van der Waals surface area contributed by atoms with E-state index in [0.717, 1.165) is 24.0 Å². The van der Waals surface area contributed by atoms with Crippen LogP contribution in [0.3, 0.4) is 0 Å². The zero-order valence-corrected chi connectivity index (χ0v) is 19.8. The van der Waals surface area contributed by atoms with Crippen LogP contribution in [0.5, 0.6) is 0 Å². The number of pyridine rings is 1. The number of rotatable bonds is 4. The Bertz CT molecular complexity index is 1410. The van der Waals surface area contributed by atoms with E-state index in [2.05, 4.69) is 15.1 Å². The van der Waals surface area contributed by atoms with Crippen LogP contribution in [0.1, 0.15) is 22.4 Å². The van der Waals surface area contributed by atoms with E-state index in [9.17, 15) is 30.8 Å². The van der Waals surface area contributed by atoms with Gasteiger partial charge in [-0.3, -0.25) is 4.79 Å². The molecule has 1 amide bonds. The normalized spacial score (nSPS) is 12.9. The predicted molar refractivity (Wildman–Crippen MR) is 113 cm³/mol. The highest BCUT2D eigenvalue weighted by Crippen LogP contribution is 2.32. The average Bonchev–Trinajstić information content (AvgIpc) is 3.11. The molecule has 3 rings (SSSR count). The van der Waals surface area contributed by atoms with Crippen LogP contribution < -0.4 is 4.80 Å². The zero-order chi connectivity index (χ0) is 24.7. The van der Waals surface area contributed by atoms with Crippen molar-refractivity contribution in [1.82, 2.24) is 14.8 Å². The van der Waals surface area contributed by atoms with E-state index >= 15 is 0 Å². The minimum atomic E-state index is -4.74. The molecule has 0 saturated heterocycles. The van der Waals surface area contributed by atoms with E-state index in [1.54, 1.807) is 0 Å². The van der Waals surface area contributed by atoms with Crippen LogP contribution >= 0.6 is 34.5 Å². The summed E-state index contributed by atoms with van der Waals surface area (Å²) in [4.78, 5) is 19.3. The molecule has 0 N–H and O–H groups in total. The molecule has 176 valence electrons. The Labute approximate surface area is 198 Å². The first-order valence-corrected chi connectivity index (χ1v) is 12.0. The molecule has 7 nitrogen and oxygen atoms in total. The van der Waals surface area contributed by atoms with E-state index in [1.807, 2.05) is 0 Å². The van der Waals surface area contributed by atoms with Gasteiger partial charge in [0.1, 0.15) is 5.69 Å². The highest BCUT2D eigenvalue weighted by Gasteiger charge is 2.35. The molecule has 1 aromatic carbocycles. The number of benzene rings is 1. The molecule has 33 heavy (non-hydrogen) atoms. The Balaban J connectivity index is 2.17. The molecule has 0 aliphatic heterocycles. The lowest BCUT2D eigenvalue weighted by molar-refractivity contribution is -0.138. The lowest BCUT2D eigenvalue weighted by Crippen LogP contribution is -2.18. The molecule has 2 heterocycles. The Kier molecular flexibility index (Phi) is 6.99. The number of hydrogen-bond acceptors (Lipinski definition) is 6. The molecule has 0 bridgehead atoms. The molecule has 0 spiro atoms. The summed E-state index contributed by atoms with van der Waals surface area (Å²) in [5, 5.41) is 1.40. The van der Waals surface area contributed by atoms with Crippen molar-refractivity contribution < 1.29 is 30.8 Å². The van der Waals surface area contributed by atoms with Gasteiger partial charge in [-0.2, -0.15) is 23.3 Å². The maximum Gasteiger partial charge on any atom is 0.445 e. The van der Waals surface area contributed by atoms with Gasteiger partial charge in [-0.15, -0.1) is 0 Å². The van der Waals surface area contributed by atoms with E-state index in [0.29, 0.717) is 0 Å². The number of carbonyl (C=O) groups is 1. The number of alkyl halides is 3. The van der Waals surface area contributed by atoms with Gasteiger partial charge in [0.25, 0.3) is 5.91 Å². The van der Waals surface area contributed by atoms with Gasteiger partial charge in [-0.05, 0) is 23.8 Å². The summed E-state index contributed by atoms with van der Waals surface area (Å²) < 4.78 is 78.4. The SMILES string of the molecule is CCS(=O)(=O)c1cc(-c2cc(Cl)c(F)c(Cl)c2)cnc1C(=O)N=c1sc(C(F)(F)F)nn1C. The van der Waals surface area contributed by atoms with Gasteiger partial charge in [-0.25, -0.2) is 22.5 Å². The lowest BCUT2D eigenvalue weighted by Gasteiger charge is -2.10. The molecule has 2 aromatic heterocycles. The summed E-state index contributed by atoms with van der Waals surface area (Å²) in [6.07, 6.45) is -3.63. The summed E-state index contributed by atoms with van der Waals surface area (Å²) >= 11 is 11.7. The molecule has 0 unspecified atom stereocenters. The minimum absolute atomic E-state index is 0.110. The highest BCUT2D eigenvalue weighted by molar-refractivity contribution is 7.91. The summed E-state index contributed by atoms with van der Waals surface area (Å²) in [5.74, 6) is -2.45. The summed E-state index contributed by atoms with van der Waals surface area (Å²) in [6, 6.07) is 3.51. The lowest BCUT2D eigenvalue weighted by atomic mass is 10.1. The van der Waals surface area contributed by atoms with Gasteiger partial charge < -0.3 is 0 Å². The van der Waals surface area contributed by atoms with Crippen molar-refractivity contribution in [2.24, 2.45) is 12.0 Å². The van der Waals surface area contributed by atoms with E-state index in [1.165, 1.54) is 19.1 Å². The van der Waals surface area contributed by atoms with Crippen LogP contribution in [0.2, 0.25) is 10.0 Å². The van der Waals surface area contributed by atoms with E-state index in [-0.39, 0.29) is 32.5 Å². The first-order chi connectivity index (χ1) is 15.2. The largest absolute Gasteiger partial charge is 0.445 e. The van der Waals surface area contributed by atoms with Crippen molar-refractivity contribution in [1.29, 1.82) is 0 Å². The third-order valence-corrected chi connectivity index (χ3v) is 7.57. The average molecular weight is 543 g/mol. The number of hydrogen-bond donors (Lipinski definition) is 0. The maximum absolute atomic E-state index is 13.7. The van der Waals surface area contributed by atoms with Crippen LogP contribution in [0, 0.1) is 5.82 Å². The molecule has 0 radical (unpaired) electrons. The Morgan fingerprint density at radius 3 is 2.30 bits per heavy atom. The number of carbonyl (C=O) groups excluding carboxylic acids is 1. The minimum Gasteiger partial charge on any atom is -0.265 e. The fraction of sp³-hybridized carbons (Fsp3) is 0.222. The molecular weight excluding hydrogens is 531 g/mol. The third kappa shape index (κ3) is 5.26. The number of nitrogens with zero attached hydrogens (tertiary/aromatic N) is 4. The molecular formula is C18H12Cl2F4N4O3S2. The number of amides is 1. The van der Waals surface area contributed by atoms with Gasteiger partial charge in [-0.1, -0.05) is 41.5 Å². The fourth-order valence-electron chi connectivity index (χ4n) is 2.58. The second-order valence-corrected chi connectivity index (χ2v) is 10.5. The van der Waals surface area contributed by atoms with E-state index in [4.69, 9.17) is 23.2 Å². The van der Waals surface area contributed by atoms with Crippen molar-refractivity contribution in [2.45, 2.75) is 18.0 Å². The Hall–Kier alpha value is -2.35. The maximum atomic E-state index is 13.7. The van der Waals surface area contributed by atoms with Crippen LogP contribution in [0.25, 0.3) is 11.1 Å². The van der Waals surface area contributed by atoms with Crippen molar-refractivity contribution in [3.8, 4) is 11.1 Å². The van der Waals surface area contributed by atoms with Gasteiger partial charge in [0.15, 0.2) is 15.7 Å². The van der Waals surface area contributed by atoms with Crippen molar-refractivity contribution in [3.05, 3.63) is 55.8 Å². The smallest absolute Gasteiger partial charge is 0.265 e. The van der Waals surface area contributed by atoms with Crippen molar-refractivity contribution in [2.75, 3.05) is 5.75 Å². The van der Waals surface area contributed by atoms with Crippen molar-refractivity contribution >= 4 is 50.3 Å². The predicted octanol–water partition coefficient (Wildman–Crippen LogP) is 4.54. The second-order valence-electron chi connectivity index (χ2n) is 6.46. The van der Waals surface area contributed by atoms with Gasteiger partial charge in [0, 0.05) is 18.8 Å². The molecule has 0 atom stereocenters. The Morgan fingerprint density at radius 1 is 1.18 bits per heavy atom. The molecule has 0 saturated carbocycles. The first-order valence-electron chi connectivity index (χ1n) is 8.82. The molecule has 3 aromatic rings. The number of aromatic nitrogens is 3. The van der Waals surface area contributed by atoms with Crippen LogP contribution in [-0.4, -0.2) is 34.8 Å². The van der Waals surface area contributed by atoms with Gasteiger partial charge >= 0.3 is 6.18 Å². The number of sulfone groups is 1. The molecule has 0 aliphatic carbocycles. The van der Waals surface area contributed by atoms with Crippen LogP contribution in [0.15, 0.2) is 34.3 Å². The monoisotopic (exact) mass is 542 g/mol. The number of halogens is 6. The summed E-state index contributed by atoms with van der Waals surface area (Å²) in [6.45, 7) is 1.33. The molecule has 0 fully saturated rings. The topological polar surface area (TPSA) is 94.3 Å². The zero-order valence-electron chi connectivity index (χ0n) is 16.6. The standard InChI is InChI=1S/C18H12Cl2F4N4O3S2/c1-3-33(30,31)12-6-9(8-4-10(19)13(21)11(20)5-8)7-25-14(12)15(29)26-17-28(2)27-16(32-17)18(22,23)24/h4-7H,3H2,1-2H3. The number of aryl methyl sites for hydroxylation is 1. The third-order valence-electron chi connectivity index (χ3n) is 4.23. The van der Waals surface area contributed by atoms with Crippen LogP contribution in [-0.2, 0) is 23.1 Å². The highest BCUT2D eigenvalue weighted by atomic mass is 35.5. The second kappa shape index (κ2) is 9.12. The van der Waals surface area contributed by atoms with E-state index < -0.39 is 53.9 Å². The fourth-order valence-corrected chi connectivity index (χ4v) is 4.87. The quantitative estimate of drug-likeness (QED) is 0.356. The first kappa shape index (κ1) is 25.3. The van der Waals surface area contributed by atoms with Crippen LogP contribution in [0.4, 0.5) is 17.6 Å². The molecule has 0 aliphatic rings. The van der Waals surface area contributed by atoms with Gasteiger partial charge in [0.05, 0.1) is 20.7 Å². The summed E-state index contributed by atoms with van der Waals surface area (Å²) in [7, 11) is -2.88. The Morgan fingerprint density at radius 2 is 1.79 bits per heavy atom. The van der Waals surface area contributed by atoms with Crippen molar-refractivity contribution in [3.63, 3.8) is 0 Å². The molecule has 15 heteroatoms.